The highest BCUT2D eigenvalue weighted by Crippen LogP contribution is 2.14. The third-order valence-corrected chi connectivity index (χ3v) is 2.07. The molecule has 1 N–H and O–H groups in total. The molecule has 1 aromatic heterocycles. The fourth-order valence-electron chi connectivity index (χ4n) is 1.36. The summed E-state index contributed by atoms with van der Waals surface area (Å²) >= 11 is 0. The highest BCUT2D eigenvalue weighted by atomic mass is 16.4. The first-order valence-electron chi connectivity index (χ1n) is 4.76. The van der Waals surface area contributed by atoms with Crippen LogP contribution in [0.4, 0.5) is 0 Å². The summed E-state index contributed by atoms with van der Waals surface area (Å²) in [4.78, 5) is 14.9. The Kier molecular flexibility index (Phi) is 3.28. The van der Waals surface area contributed by atoms with Gasteiger partial charge in [-0.05, 0) is 12.8 Å². The van der Waals surface area contributed by atoms with E-state index >= 15 is 0 Å². The lowest BCUT2D eigenvalue weighted by atomic mass is 10.1. The molecule has 4 heteroatoms. The fraction of sp³-hybridized carbons (Fsp3) is 0.600. The average Bonchev–Trinajstić information content (AvgIpc) is 2.49. The standard InChI is InChI=1S/C10H16N2O2/c1-7(2)6-12-5-4-11-9(12)8(3)10(13)14/h4-5,7-8H,6H2,1-3H3,(H,13,14). The number of aliphatic carboxylic acids is 1. The van der Waals surface area contributed by atoms with Crippen molar-refractivity contribution in [3.8, 4) is 0 Å². The van der Waals surface area contributed by atoms with Crippen LogP contribution < -0.4 is 0 Å². The summed E-state index contributed by atoms with van der Waals surface area (Å²) in [5, 5.41) is 8.86. The van der Waals surface area contributed by atoms with E-state index in [4.69, 9.17) is 5.11 Å². The van der Waals surface area contributed by atoms with Crippen LogP contribution in [0.5, 0.6) is 0 Å². The molecule has 0 bridgehead atoms. The normalized spacial score (nSPS) is 13.1. The molecule has 78 valence electrons. The Balaban J connectivity index is 2.86. The molecule has 1 rings (SSSR count). The second-order valence-electron chi connectivity index (χ2n) is 3.89. The molecule has 0 aliphatic rings. The molecule has 0 saturated carbocycles. The van der Waals surface area contributed by atoms with E-state index in [9.17, 15) is 4.79 Å². The Morgan fingerprint density at radius 3 is 2.71 bits per heavy atom. The van der Waals surface area contributed by atoms with Crippen LogP contribution in [0.15, 0.2) is 12.4 Å². The fourth-order valence-corrected chi connectivity index (χ4v) is 1.36. The van der Waals surface area contributed by atoms with Crippen molar-refractivity contribution in [1.29, 1.82) is 0 Å². The molecule has 1 atom stereocenters. The first-order chi connectivity index (χ1) is 6.52. The Labute approximate surface area is 83.6 Å². The third-order valence-electron chi connectivity index (χ3n) is 2.07. The number of aromatic nitrogens is 2. The third kappa shape index (κ3) is 2.34. The van der Waals surface area contributed by atoms with Crippen molar-refractivity contribution >= 4 is 5.97 Å². The number of carboxylic acid groups (broad SMARTS) is 1. The molecule has 0 radical (unpaired) electrons. The minimum absolute atomic E-state index is 0.490. The van der Waals surface area contributed by atoms with E-state index in [2.05, 4.69) is 18.8 Å². The molecular formula is C10H16N2O2. The zero-order valence-electron chi connectivity index (χ0n) is 8.77. The molecular weight excluding hydrogens is 180 g/mol. The van der Waals surface area contributed by atoms with E-state index < -0.39 is 11.9 Å². The highest BCUT2D eigenvalue weighted by Gasteiger charge is 2.18. The zero-order chi connectivity index (χ0) is 10.7. The molecule has 1 unspecified atom stereocenters. The topological polar surface area (TPSA) is 55.1 Å². The van der Waals surface area contributed by atoms with Crippen molar-refractivity contribution < 1.29 is 9.90 Å². The van der Waals surface area contributed by atoms with Gasteiger partial charge in [-0.2, -0.15) is 0 Å². The van der Waals surface area contributed by atoms with E-state index in [1.807, 2.05) is 10.8 Å². The van der Waals surface area contributed by atoms with Crippen molar-refractivity contribution in [1.82, 2.24) is 9.55 Å². The van der Waals surface area contributed by atoms with Gasteiger partial charge in [0.15, 0.2) is 0 Å². The van der Waals surface area contributed by atoms with Gasteiger partial charge in [0.25, 0.3) is 0 Å². The van der Waals surface area contributed by atoms with E-state index in [0.29, 0.717) is 11.7 Å². The molecule has 0 aliphatic carbocycles. The molecule has 0 aromatic carbocycles. The lowest BCUT2D eigenvalue weighted by molar-refractivity contribution is -0.138. The molecule has 1 heterocycles. The van der Waals surface area contributed by atoms with Crippen molar-refractivity contribution in [2.75, 3.05) is 0 Å². The van der Waals surface area contributed by atoms with E-state index in [0.717, 1.165) is 6.54 Å². The maximum absolute atomic E-state index is 10.8. The molecule has 14 heavy (non-hydrogen) atoms. The second-order valence-corrected chi connectivity index (χ2v) is 3.89. The van der Waals surface area contributed by atoms with Crippen LogP contribution >= 0.6 is 0 Å². The molecule has 4 nitrogen and oxygen atoms in total. The minimum Gasteiger partial charge on any atom is -0.481 e. The lowest BCUT2D eigenvalue weighted by Crippen LogP contribution is -2.15. The molecule has 0 saturated heterocycles. The van der Waals surface area contributed by atoms with Gasteiger partial charge in [-0.15, -0.1) is 0 Å². The van der Waals surface area contributed by atoms with Crippen LogP contribution in [-0.2, 0) is 11.3 Å². The summed E-state index contributed by atoms with van der Waals surface area (Å²) in [6, 6.07) is 0. The summed E-state index contributed by atoms with van der Waals surface area (Å²) in [5.74, 6) is -0.250. The second kappa shape index (κ2) is 4.26. The summed E-state index contributed by atoms with van der Waals surface area (Å²) in [5.41, 5.74) is 0. The van der Waals surface area contributed by atoms with Crippen molar-refractivity contribution in [3.05, 3.63) is 18.2 Å². The maximum atomic E-state index is 10.8. The SMILES string of the molecule is CC(C)Cn1ccnc1C(C)C(=O)O. The van der Waals surface area contributed by atoms with Gasteiger partial charge < -0.3 is 9.67 Å². The van der Waals surface area contributed by atoms with E-state index in [-0.39, 0.29) is 0 Å². The lowest BCUT2D eigenvalue weighted by Gasteiger charge is -2.12. The predicted octanol–water partition coefficient (Wildman–Crippen LogP) is 1.73. The van der Waals surface area contributed by atoms with Crippen molar-refractivity contribution in [2.24, 2.45) is 5.92 Å². The van der Waals surface area contributed by atoms with E-state index in [1.54, 1.807) is 13.1 Å². The van der Waals surface area contributed by atoms with Gasteiger partial charge in [-0.3, -0.25) is 4.79 Å². The first-order valence-corrected chi connectivity index (χ1v) is 4.76. The zero-order valence-corrected chi connectivity index (χ0v) is 8.77. The summed E-state index contributed by atoms with van der Waals surface area (Å²) in [7, 11) is 0. The summed E-state index contributed by atoms with van der Waals surface area (Å²) in [6.45, 7) is 6.65. The van der Waals surface area contributed by atoms with Crippen LogP contribution in [0.1, 0.15) is 32.5 Å². The van der Waals surface area contributed by atoms with Crippen LogP contribution in [0.3, 0.4) is 0 Å². The summed E-state index contributed by atoms with van der Waals surface area (Å²) < 4.78 is 1.91. The Hall–Kier alpha value is -1.32. The maximum Gasteiger partial charge on any atom is 0.313 e. The highest BCUT2D eigenvalue weighted by molar-refractivity contribution is 5.74. The molecule has 0 amide bonds. The van der Waals surface area contributed by atoms with E-state index in [1.165, 1.54) is 0 Å². The van der Waals surface area contributed by atoms with Gasteiger partial charge in [0, 0.05) is 18.9 Å². The minimum atomic E-state index is -0.832. The van der Waals surface area contributed by atoms with Crippen LogP contribution in [0.25, 0.3) is 0 Å². The number of carbonyl (C=O) groups is 1. The number of nitrogens with zero attached hydrogens (tertiary/aromatic N) is 2. The predicted molar refractivity (Wildman–Crippen MR) is 53.1 cm³/mol. The van der Waals surface area contributed by atoms with Gasteiger partial charge >= 0.3 is 5.97 Å². The Bertz CT molecular complexity index is 318. The number of hydrogen-bond donors (Lipinski definition) is 1. The van der Waals surface area contributed by atoms with Gasteiger partial charge in [0.1, 0.15) is 11.7 Å². The monoisotopic (exact) mass is 196 g/mol. The number of imidazole rings is 1. The van der Waals surface area contributed by atoms with Crippen LogP contribution in [0, 0.1) is 5.92 Å². The Morgan fingerprint density at radius 2 is 2.21 bits per heavy atom. The summed E-state index contributed by atoms with van der Waals surface area (Å²) in [6.07, 6.45) is 3.48. The number of hydrogen-bond acceptors (Lipinski definition) is 2. The smallest absolute Gasteiger partial charge is 0.313 e. The number of rotatable bonds is 4. The Morgan fingerprint density at radius 1 is 1.57 bits per heavy atom. The van der Waals surface area contributed by atoms with Gasteiger partial charge in [-0.1, -0.05) is 13.8 Å². The molecule has 0 aliphatic heterocycles. The molecule has 1 aromatic rings. The van der Waals surface area contributed by atoms with Gasteiger partial charge in [0.05, 0.1) is 0 Å². The van der Waals surface area contributed by atoms with Crippen LogP contribution in [0.2, 0.25) is 0 Å². The van der Waals surface area contributed by atoms with Gasteiger partial charge in [0.2, 0.25) is 0 Å². The molecule has 0 spiro atoms. The van der Waals surface area contributed by atoms with Crippen molar-refractivity contribution in [3.63, 3.8) is 0 Å². The number of carboxylic acids is 1. The van der Waals surface area contributed by atoms with Crippen molar-refractivity contribution in [2.45, 2.75) is 33.2 Å². The average molecular weight is 196 g/mol. The van der Waals surface area contributed by atoms with Crippen LogP contribution in [-0.4, -0.2) is 20.6 Å². The molecule has 0 fully saturated rings. The largest absolute Gasteiger partial charge is 0.481 e. The van der Waals surface area contributed by atoms with Gasteiger partial charge in [-0.25, -0.2) is 4.98 Å². The first kappa shape index (κ1) is 10.8. The quantitative estimate of drug-likeness (QED) is 0.797.